The molecule has 0 aliphatic heterocycles. The second-order valence-corrected chi connectivity index (χ2v) is 0. The van der Waals surface area contributed by atoms with Crippen LogP contribution in [0.5, 0.6) is 0 Å². The molecule has 0 amide bonds. The Morgan fingerprint density at radius 1 is 0.214 bits per heavy atom. The van der Waals surface area contributed by atoms with Crippen LogP contribution in [0.4, 0.5) is 0 Å². The molecule has 14 heteroatoms. The summed E-state index contributed by atoms with van der Waals surface area (Å²) in [7, 11) is 0. The van der Waals surface area contributed by atoms with Gasteiger partial charge in [0.1, 0.15) is 0 Å². The predicted molar refractivity (Wildman–Crippen MR) is 4.81 cm³/mol. The quantitative estimate of drug-likeness (QED) is 0.349. The molecule has 56 valence electrons. The zero-order valence-electron chi connectivity index (χ0n) is 7.81. The van der Waals surface area contributed by atoms with Crippen molar-refractivity contribution in [3.8, 4) is 0 Å². The molecule has 14 heavy (non-hydrogen) atoms. The van der Waals surface area contributed by atoms with E-state index in [1.54, 1.807) is 0 Å². The third kappa shape index (κ3) is 332. The summed E-state index contributed by atoms with van der Waals surface area (Å²) in [5.74, 6) is 0. The van der Waals surface area contributed by atoms with Crippen molar-refractivity contribution in [3.05, 3.63) is 0 Å². The van der Waals surface area contributed by atoms with Gasteiger partial charge in [-0.3, -0.25) is 0 Å². The minimum absolute atomic E-state index is 0.125. The first-order valence-corrected chi connectivity index (χ1v) is 10.5. The third-order valence-electron chi connectivity index (χ3n) is 0. The first-order chi connectivity index (χ1) is 7.00. The van der Waals surface area contributed by atoms with Gasteiger partial charge >= 0.3 is 153 Å². The maximum atomic E-state index is 8.38. The fraction of sp³-hybridized carbons (Fsp3) is 0. The van der Waals surface area contributed by atoms with Crippen LogP contribution in [0, 0.1) is 0 Å². The van der Waals surface area contributed by atoms with E-state index in [0.717, 1.165) is 0 Å². The van der Waals surface area contributed by atoms with E-state index in [0.29, 0.717) is 0 Å². The van der Waals surface area contributed by atoms with Crippen molar-refractivity contribution >= 4 is 0 Å². The van der Waals surface area contributed by atoms with Gasteiger partial charge in [0.05, 0.1) is 0 Å². The monoisotopic (exact) mass is 559 g/mol. The van der Waals surface area contributed by atoms with Crippen LogP contribution < -0.4 is 0 Å². The summed E-state index contributed by atoms with van der Waals surface area (Å²) in [6.07, 6.45) is 0. The van der Waals surface area contributed by atoms with Gasteiger partial charge in [0, 0.05) is 0 Å². The van der Waals surface area contributed by atoms with Crippen LogP contribution in [0.25, 0.3) is 0 Å². The summed E-state index contributed by atoms with van der Waals surface area (Å²) in [6, 6.07) is 0. The molecule has 7 nitrogen and oxygen atoms in total. The Balaban J connectivity index is -0.00000000817. The van der Waals surface area contributed by atoms with Crippen molar-refractivity contribution in [2.45, 2.75) is 0 Å². The Kier molecular flexibility index (Phi) is 1270. The normalized spacial score (nSPS) is 3.00. The predicted octanol–water partition coefficient (Wildman–Crippen LogP) is -0.849. The fourth-order valence-electron chi connectivity index (χ4n) is 0. The van der Waals surface area contributed by atoms with Crippen LogP contribution in [0.15, 0.2) is 0 Å². The van der Waals surface area contributed by atoms with E-state index < -0.39 is 0 Å². The molecule has 0 spiro atoms. The molecule has 0 saturated heterocycles. The second kappa shape index (κ2) is 407. The van der Waals surface area contributed by atoms with Crippen LogP contribution in [0.3, 0.4) is 0 Å². The number of hydrogen-bond acceptors (Lipinski definition) is 7. The minimum atomic E-state index is 0.125. The van der Waals surface area contributed by atoms with Crippen molar-refractivity contribution in [1.82, 2.24) is 0 Å². The molecule has 0 N–H and O–H groups in total. The van der Waals surface area contributed by atoms with Crippen molar-refractivity contribution in [2.75, 3.05) is 0 Å². The molecule has 0 aromatic carbocycles. The van der Waals surface area contributed by atoms with Gasteiger partial charge in [0.15, 0.2) is 0 Å². The maximum absolute atomic E-state index is 8.38. The van der Waals surface area contributed by atoms with Gasteiger partial charge in [0.25, 0.3) is 0 Å². The van der Waals surface area contributed by atoms with Crippen LogP contribution in [0.2, 0.25) is 0 Å². The number of hydrogen-bond donors (Lipinski definition) is 0. The molecule has 0 heterocycles. The van der Waals surface area contributed by atoms with Gasteiger partial charge in [-0.25, -0.2) is 0 Å². The fourth-order valence-corrected chi connectivity index (χ4v) is 0. The molecule has 0 aliphatic carbocycles. The molecular formula is O7Zn7. The zero-order valence-corrected chi connectivity index (χ0v) is 28.6. The topological polar surface area (TPSA) is 119 Å². The van der Waals surface area contributed by atoms with Crippen LogP contribution in [0.1, 0.15) is 0 Å². The van der Waals surface area contributed by atoms with E-state index in [4.69, 9.17) is 25.0 Å². The average molecular weight is 570 g/mol. The van der Waals surface area contributed by atoms with Gasteiger partial charge in [-0.1, -0.05) is 0 Å². The van der Waals surface area contributed by atoms with E-state index >= 15 is 0 Å². The first-order valence-electron chi connectivity index (χ1n) is 2.02. The van der Waals surface area contributed by atoms with E-state index in [1.807, 2.05) is 0 Å². The van der Waals surface area contributed by atoms with Gasteiger partial charge in [-0.2, -0.15) is 0 Å². The number of rotatable bonds is 0. The van der Waals surface area contributed by atoms with Gasteiger partial charge in [-0.05, 0) is 0 Å². The Morgan fingerprint density at radius 3 is 0.214 bits per heavy atom. The third-order valence-corrected chi connectivity index (χ3v) is 0. The molecule has 0 fully saturated rings. The summed E-state index contributed by atoms with van der Waals surface area (Å²) in [5.41, 5.74) is 0. The van der Waals surface area contributed by atoms with Crippen LogP contribution >= 0.6 is 0 Å². The standard InChI is InChI=1S/7O.7Zn. The van der Waals surface area contributed by atoms with Gasteiger partial charge < -0.3 is 0 Å². The van der Waals surface area contributed by atoms with Crippen molar-refractivity contribution in [3.63, 3.8) is 0 Å². The zero-order chi connectivity index (χ0) is 14.0. The molecule has 0 radical (unpaired) electrons. The summed E-state index contributed by atoms with van der Waals surface area (Å²) >= 11 is 0.875. The van der Waals surface area contributed by atoms with Crippen molar-refractivity contribution in [1.29, 1.82) is 0 Å². The molecule has 0 unspecified atom stereocenters. The molecule has 0 aromatic heterocycles. The molecule has 0 atom stereocenters. The van der Waals surface area contributed by atoms with Crippen molar-refractivity contribution in [2.24, 2.45) is 0 Å². The molecule has 0 saturated carbocycles. The van der Waals surface area contributed by atoms with Gasteiger partial charge in [0.2, 0.25) is 0 Å². The van der Waals surface area contributed by atoms with Gasteiger partial charge in [-0.15, -0.1) is 0 Å². The SMILES string of the molecule is [O]=[Zn].[O]=[Zn].[O]=[Zn].[O]=[Zn].[O]=[Zn].[O]=[Zn].[O]=[Zn]. The Bertz CT molecular complexity index is 33.7. The molecule has 0 bridgehead atoms. The van der Waals surface area contributed by atoms with Crippen LogP contribution in [-0.2, 0) is 153 Å². The molecule has 0 aliphatic rings. The Morgan fingerprint density at radius 2 is 0.214 bits per heavy atom. The summed E-state index contributed by atoms with van der Waals surface area (Å²) in [6.45, 7) is 0. The van der Waals surface area contributed by atoms with Crippen LogP contribution in [-0.4, -0.2) is 0 Å². The van der Waals surface area contributed by atoms with E-state index in [2.05, 4.69) is 0 Å². The van der Waals surface area contributed by atoms with E-state index in [1.165, 1.54) is 0 Å². The van der Waals surface area contributed by atoms with Crippen molar-refractivity contribution < 1.29 is 153 Å². The Hall–Kier alpha value is 2.96. The summed E-state index contributed by atoms with van der Waals surface area (Å²) in [4.78, 5) is 0. The first kappa shape index (κ1) is 43.5. The Labute approximate surface area is 150 Å². The molecule has 0 rings (SSSR count). The second-order valence-electron chi connectivity index (χ2n) is 0. The average Bonchev–Trinajstić information content (AvgIpc) is 2.45. The molecular weight excluding hydrogens is 570 g/mol. The molecule has 0 aromatic rings. The summed E-state index contributed by atoms with van der Waals surface area (Å²) in [5, 5.41) is 0. The van der Waals surface area contributed by atoms with E-state index in [-0.39, 0.29) is 128 Å². The summed E-state index contributed by atoms with van der Waals surface area (Å²) < 4.78 is 58.6. The van der Waals surface area contributed by atoms with E-state index in [9.17, 15) is 0 Å².